The molecule has 0 fully saturated rings. The van der Waals surface area contributed by atoms with Crippen molar-refractivity contribution in [3.63, 3.8) is 0 Å². The molecule has 4 nitrogen and oxygen atoms in total. The molecule has 0 heterocycles. The monoisotopic (exact) mass is 350 g/mol. The molecule has 3 aromatic rings. The van der Waals surface area contributed by atoms with Gasteiger partial charge in [-0.25, -0.2) is 0 Å². The molecule has 0 aliphatic rings. The Morgan fingerprint density at radius 2 is 1.04 bits per heavy atom. The predicted molar refractivity (Wildman–Crippen MR) is 101 cm³/mol. The van der Waals surface area contributed by atoms with E-state index in [9.17, 15) is 10.2 Å². The van der Waals surface area contributed by atoms with E-state index in [0.717, 1.165) is 16.7 Å². The van der Waals surface area contributed by atoms with E-state index in [2.05, 4.69) is 6.92 Å². The Bertz CT molecular complexity index is 815. The van der Waals surface area contributed by atoms with Gasteiger partial charge in [-0.2, -0.15) is 0 Å². The molecular weight excluding hydrogens is 328 g/mol. The van der Waals surface area contributed by atoms with Crippen molar-refractivity contribution in [3.05, 3.63) is 83.4 Å². The van der Waals surface area contributed by atoms with Crippen molar-refractivity contribution in [1.29, 1.82) is 0 Å². The number of ether oxygens (including phenoxy) is 2. The van der Waals surface area contributed by atoms with Crippen molar-refractivity contribution in [3.8, 4) is 23.0 Å². The summed E-state index contributed by atoms with van der Waals surface area (Å²) >= 11 is 0. The molecule has 3 rings (SSSR count). The topological polar surface area (TPSA) is 58.9 Å². The van der Waals surface area contributed by atoms with Crippen molar-refractivity contribution < 1.29 is 19.7 Å². The van der Waals surface area contributed by atoms with Crippen LogP contribution in [0.4, 0.5) is 0 Å². The summed E-state index contributed by atoms with van der Waals surface area (Å²) < 4.78 is 11.3. The molecular formula is C22H22O4. The van der Waals surface area contributed by atoms with Gasteiger partial charge >= 0.3 is 0 Å². The highest BCUT2D eigenvalue weighted by atomic mass is 16.5. The fraction of sp³-hybridized carbons (Fsp3) is 0.182. The number of phenols is 2. The van der Waals surface area contributed by atoms with Crippen LogP contribution in [-0.4, -0.2) is 24.4 Å². The molecule has 0 aliphatic carbocycles. The van der Waals surface area contributed by atoms with Crippen LogP contribution in [-0.2, 0) is 5.41 Å². The van der Waals surface area contributed by atoms with E-state index in [-0.39, 0.29) is 11.5 Å². The molecule has 0 aromatic heterocycles. The molecule has 0 unspecified atom stereocenters. The van der Waals surface area contributed by atoms with Crippen LogP contribution >= 0.6 is 0 Å². The lowest BCUT2D eigenvalue weighted by atomic mass is 9.70. The van der Waals surface area contributed by atoms with Crippen molar-refractivity contribution in [2.45, 2.75) is 12.3 Å². The van der Waals surface area contributed by atoms with Crippen LogP contribution in [0.3, 0.4) is 0 Å². The summed E-state index contributed by atoms with van der Waals surface area (Å²) in [6.45, 7) is 2.08. The van der Waals surface area contributed by atoms with Crippen LogP contribution in [0.2, 0.25) is 0 Å². The smallest absolute Gasteiger partial charge is 0.127 e. The van der Waals surface area contributed by atoms with Gasteiger partial charge in [0, 0.05) is 5.41 Å². The van der Waals surface area contributed by atoms with Gasteiger partial charge in [-0.05, 0) is 54.4 Å². The Morgan fingerprint density at radius 1 is 0.654 bits per heavy atom. The molecule has 3 aromatic carbocycles. The van der Waals surface area contributed by atoms with Crippen molar-refractivity contribution in [2.75, 3.05) is 14.2 Å². The maximum Gasteiger partial charge on any atom is 0.127 e. The van der Waals surface area contributed by atoms with Gasteiger partial charge in [0.05, 0.1) is 19.8 Å². The summed E-state index contributed by atoms with van der Waals surface area (Å²) in [6.07, 6.45) is 0. The zero-order valence-corrected chi connectivity index (χ0v) is 15.1. The highest BCUT2D eigenvalue weighted by molar-refractivity contribution is 5.60. The maximum atomic E-state index is 9.72. The third-order valence-electron chi connectivity index (χ3n) is 4.82. The normalized spacial score (nSPS) is 11.2. The molecule has 4 heteroatoms. The first-order valence-electron chi connectivity index (χ1n) is 8.31. The molecule has 0 bridgehead atoms. The van der Waals surface area contributed by atoms with Crippen LogP contribution in [0.25, 0.3) is 0 Å². The van der Waals surface area contributed by atoms with Gasteiger partial charge in [0.15, 0.2) is 0 Å². The lowest BCUT2D eigenvalue weighted by Crippen LogP contribution is -2.26. The molecule has 0 aliphatic heterocycles. The lowest BCUT2D eigenvalue weighted by molar-refractivity contribution is 0.375. The average molecular weight is 350 g/mol. The van der Waals surface area contributed by atoms with E-state index in [4.69, 9.17) is 9.47 Å². The van der Waals surface area contributed by atoms with Gasteiger partial charge in [-0.1, -0.05) is 30.3 Å². The number of phenolic OH excluding ortho intramolecular Hbond substituents is 2. The number of benzene rings is 3. The Hall–Kier alpha value is -3.14. The third-order valence-corrected chi connectivity index (χ3v) is 4.82. The van der Waals surface area contributed by atoms with Gasteiger partial charge < -0.3 is 19.7 Å². The van der Waals surface area contributed by atoms with Gasteiger partial charge in [0.2, 0.25) is 0 Å². The first-order valence-corrected chi connectivity index (χ1v) is 8.31. The van der Waals surface area contributed by atoms with Crippen molar-refractivity contribution in [1.82, 2.24) is 0 Å². The van der Waals surface area contributed by atoms with E-state index >= 15 is 0 Å². The zero-order valence-electron chi connectivity index (χ0n) is 15.1. The molecule has 0 atom stereocenters. The quantitative estimate of drug-likeness (QED) is 0.667. The van der Waals surface area contributed by atoms with Crippen molar-refractivity contribution in [2.24, 2.45) is 0 Å². The van der Waals surface area contributed by atoms with E-state index in [1.54, 1.807) is 38.5 Å². The molecule has 0 amide bonds. The fourth-order valence-electron chi connectivity index (χ4n) is 3.39. The highest BCUT2D eigenvalue weighted by Gasteiger charge is 2.36. The van der Waals surface area contributed by atoms with Gasteiger partial charge in [0.25, 0.3) is 0 Å². The second-order valence-electron chi connectivity index (χ2n) is 6.26. The van der Waals surface area contributed by atoms with Gasteiger partial charge in [-0.3, -0.25) is 0 Å². The van der Waals surface area contributed by atoms with E-state index in [1.807, 2.05) is 42.5 Å². The summed E-state index contributed by atoms with van der Waals surface area (Å²) in [5, 5.41) is 19.4. The Morgan fingerprint density at radius 3 is 1.38 bits per heavy atom. The zero-order chi connectivity index (χ0) is 18.7. The van der Waals surface area contributed by atoms with E-state index in [1.165, 1.54) is 0 Å². The number of aromatic hydroxyl groups is 2. The molecule has 134 valence electrons. The van der Waals surface area contributed by atoms with Crippen LogP contribution < -0.4 is 9.47 Å². The standard InChI is InChI=1S/C22H22O4/c1-22(15-7-11-17(23)12-8-15,16-9-13-18(24)14-10-16)21-19(25-2)5-4-6-20(21)26-3/h4-14,23-24H,1-3H3. The number of rotatable bonds is 5. The maximum absolute atomic E-state index is 9.72. The lowest BCUT2D eigenvalue weighted by Gasteiger charge is -2.34. The number of hydrogen-bond acceptors (Lipinski definition) is 4. The second kappa shape index (κ2) is 7.00. The summed E-state index contributed by atoms with van der Waals surface area (Å²) in [5.41, 5.74) is 2.17. The van der Waals surface area contributed by atoms with Crippen LogP contribution in [0.15, 0.2) is 66.7 Å². The van der Waals surface area contributed by atoms with Crippen LogP contribution in [0.5, 0.6) is 23.0 Å². The third kappa shape index (κ3) is 2.94. The summed E-state index contributed by atoms with van der Waals surface area (Å²) in [6, 6.07) is 19.9. The molecule has 0 saturated carbocycles. The van der Waals surface area contributed by atoms with Crippen LogP contribution in [0.1, 0.15) is 23.6 Å². The van der Waals surface area contributed by atoms with E-state index < -0.39 is 5.41 Å². The molecule has 0 radical (unpaired) electrons. The summed E-state index contributed by atoms with van der Waals surface area (Å²) in [7, 11) is 3.26. The minimum absolute atomic E-state index is 0.203. The Balaban J connectivity index is 2.35. The Kier molecular flexibility index (Phi) is 4.76. The summed E-state index contributed by atoms with van der Waals surface area (Å²) in [5.74, 6) is 1.81. The molecule has 2 N–H and O–H groups in total. The summed E-state index contributed by atoms with van der Waals surface area (Å²) in [4.78, 5) is 0. The second-order valence-corrected chi connectivity index (χ2v) is 6.26. The first kappa shape index (κ1) is 17.7. The van der Waals surface area contributed by atoms with Crippen LogP contribution in [0, 0.1) is 0 Å². The van der Waals surface area contributed by atoms with Crippen molar-refractivity contribution >= 4 is 0 Å². The minimum atomic E-state index is -0.626. The SMILES string of the molecule is COc1cccc(OC)c1C(C)(c1ccc(O)cc1)c1ccc(O)cc1. The Labute approximate surface area is 153 Å². The minimum Gasteiger partial charge on any atom is -0.508 e. The molecule has 26 heavy (non-hydrogen) atoms. The average Bonchev–Trinajstić information content (AvgIpc) is 2.67. The van der Waals surface area contributed by atoms with E-state index in [0.29, 0.717) is 11.5 Å². The number of hydrogen-bond donors (Lipinski definition) is 2. The van der Waals surface area contributed by atoms with Gasteiger partial charge in [0.1, 0.15) is 23.0 Å². The molecule has 0 saturated heterocycles. The highest BCUT2D eigenvalue weighted by Crippen LogP contribution is 2.47. The number of methoxy groups -OCH3 is 2. The largest absolute Gasteiger partial charge is 0.508 e. The first-order chi connectivity index (χ1) is 12.5. The predicted octanol–water partition coefficient (Wildman–Crippen LogP) is 4.47. The van der Waals surface area contributed by atoms with Gasteiger partial charge in [-0.15, -0.1) is 0 Å². The fourth-order valence-corrected chi connectivity index (χ4v) is 3.39. The molecule has 0 spiro atoms.